The van der Waals surface area contributed by atoms with Gasteiger partial charge in [-0.05, 0) is 43.5 Å². The van der Waals surface area contributed by atoms with Gasteiger partial charge in [-0.15, -0.1) is 0 Å². The molecule has 0 unspecified atom stereocenters. The molecule has 1 aliphatic rings. The number of carbonyl (C=O) groups excluding carboxylic acids is 1. The number of carbonyl (C=O) groups is 1. The highest BCUT2D eigenvalue weighted by Crippen LogP contribution is 2.49. The Balaban J connectivity index is 1.81. The van der Waals surface area contributed by atoms with Crippen molar-refractivity contribution < 1.29 is 9.18 Å². The van der Waals surface area contributed by atoms with Gasteiger partial charge >= 0.3 is 0 Å². The first kappa shape index (κ1) is 14.1. The van der Waals surface area contributed by atoms with Crippen molar-refractivity contribution in [3.05, 3.63) is 64.4 Å². The molecule has 2 aromatic carbocycles. The summed E-state index contributed by atoms with van der Waals surface area (Å²) < 4.78 is 13.1. The Kier molecular flexibility index (Phi) is 3.46. The predicted molar refractivity (Wildman–Crippen MR) is 82.1 cm³/mol. The number of hydrogen-bond acceptors (Lipinski definition) is 1. The van der Waals surface area contributed by atoms with Gasteiger partial charge in [0.1, 0.15) is 5.82 Å². The van der Waals surface area contributed by atoms with E-state index in [-0.39, 0.29) is 10.9 Å². The average molecular weight is 304 g/mol. The molecule has 1 amide bonds. The van der Waals surface area contributed by atoms with Gasteiger partial charge in [0.05, 0.1) is 10.4 Å². The second-order valence-electron chi connectivity index (χ2n) is 5.53. The number of aryl methyl sites for hydroxylation is 1. The standard InChI is InChI=1S/C17H15ClFNO/c1-11-2-4-12(5-3-11)17(8-9-17)16(21)20-13-6-7-15(19)14(18)10-13/h2-7,10H,8-9H2,1H3,(H,20,21). The van der Waals surface area contributed by atoms with Gasteiger partial charge in [-0.3, -0.25) is 4.79 Å². The van der Waals surface area contributed by atoms with Crippen LogP contribution in [0.3, 0.4) is 0 Å². The van der Waals surface area contributed by atoms with Crippen LogP contribution < -0.4 is 5.32 Å². The lowest BCUT2D eigenvalue weighted by Gasteiger charge is -2.16. The Morgan fingerprint density at radius 2 is 1.86 bits per heavy atom. The Morgan fingerprint density at radius 1 is 1.19 bits per heavy atom. The lowest BCUT2D eigenvalue weighted by atomic mass is 9.94. The Morgan fingerprint density at radius 3 is 2.43 bits per heavy atom. The average Bonchev–Trinajstić information content (AvgIpc) is 3.25. The zero-order valence-corrected chi connectivity index (χ0v) is 12.4. The van der Waals surface area contributed by atoms with Crippen molar-refractivity contribution in [1.29, 1.82) is 0 Å². The molecule has 3 rings (SSSR count). The normalized spacial score (nSPS) is 15.6. The van der Waals surface area contributed by atoms with Gasteiger partial charge in [-0.1, -0.05) is 41.4 Å². The summed E-state index contributed by atoms with van der Waals surface area (Å²) in [6, 6.07) is 12.2. The minimum atomic E-state index is -0.491. The van der Waals surface area contributed by atoms with Crippen molar-refractivity contribution in [3.63, 3.8) is 0 Å². The summed E-state index contributed by atoms with van der Waals surface area (Å²) in [4.78, 5) is 12.5. The topological polar surface area (TPSA) is 29.1 Å². The van der Waals surface area contributed by atoms with E-state index in [0.717, 1.165) is 18.4 Å². The number of halogens is 2. The molecule has 0 radical (unpaired) electrons. The summed E-state index contributed by atoms with van der Waals surface area (Å²) in [5, 5.41) is 2.84. The molecule has 0 heterocycles. The van der Waals surface area contributed by atoms with Crippen LogP contribution in [0, 0.1) is 12.7 Å². The summed E-state index contributed by atoms with van der Waals surface area (Å²) in [6.07, 6.45) is 1.66. The van der Waals surface area contributed by atoms with Gasteiger partial charge in [-0.2, -0.15) is 0 Å². The van der Waals surface area contributed by atoms with Crippen molar-refractivity contribution in [2.75, 3.05) is 5.32 Å². The highest BCUT2D eigenvalue weighted by molar-refractivity contribution is 6.31. The fourth-order valence-corrected chi connectivity index (χ4v) is 2.65. The quantitative estimate of drug-likeness (QED) is 0.891. The van der Waals surface area contributed by atoms with Crippen molar-refractivity contribution >= 4 is 23.2 Å². The van der Waals surface area contributed by atoms with Gasteiger partial charge in [0.15, 0.2) is 0 Å². The minimum Gasteiger partial charge on any atom is -0.325 e. The molecule has 4 heteroatoms. The van der Waals surface area contributed by atoms with Gasteiger partial charge < -0.3 is 5.32 Å². The fraction of sp³-hybridized carbons (Fsp3) is 0.235. The summed E-state index contributed by atoms with van der Waals surface area (Å²) >= 11 is 5.74. The number of benzene rings is 2. The number of rotatable bonds is 3. The Bertz CT molecular complexity index is 692. The summed E-state index contributed by atoms with van der Waals surface area (Å²) in [5.74, 6) is -0.552. The monoisotopic (exact) mass is 303 g/mol. The molecule has 108 valence electrons. The van der Waals surface area contributed by atoms with Crippen molar-refractivity contribution in [2.45, 2.75) is 25.2 Å². The largest absolute Gasteiger partial charge is 0.325 e. The van der Waals surface area contributed by atoms with Crippen LogP contribution in [0.1, 0.15) is 24.0 Å². The highest BCUT2D eigenvalue weighted by Gasteiger charge is 2.51. The molecule has 0 spiro atoms. The molecule has 0 saturated heterocycles. The smallest absolute Gasteiger partial charge is 0.235 e. The Labute approximate surface area is 127 Å². The first-order chi connectivity index (χ1) is 10.0. The van der Waals surface area contributed by atoms with Crippen LogP contribution in [0.5, 0.6) is 0 Å². The second-order valence-corrected chi connectivity index (χ2v) is 5.94. The maximum Gasteiger partial charge on any atom is 0.235 e. The molecular weight excluding hydrogens is 289 g/mol. The summed E-state index contributed by atoms with van der Waals surface area (Å²) in [6.45, 7) is 2.02. The molecule has 1 N–H and O–H groups in total. The van der Waals surface area contributed by atoms with E-state index in [4.69, 9.17) is 11.6 Å². The molecule has 1 fully saturated rings. The summed E-state index contributed by atoms with van der Waals surface area (Å²) in [7, 11) is 0. The molecule has 1 saturated carbocycles. The van der Waals surface area contributed by atoms with Crippen molar-refractivity contribution in [3.8, 4) is 0 Å². The minimum absolute atomic E-state index is 0.00739. The van der Waals surface area contributed by atoms with Crippen molar-refractivity contribution in [2.24, 2.45) is 0 Å². The molecule has 0 atom stereocenters. The molecule has 0 aliphatic heterocycles. The second kappa shape index (κ2) is 5.15. The van der Waals surface area contributed by atoms with Crippen LogP contribution in [-0.4, -0.2) is 5.91 Å². The van der Waals surface area contributed by atoms with E-state index in [1.54, 1.807) is 0 Å². The van der Waals surface area contributed by atoms with Crippen LogP contribution in [0.2, 0.25) is 5.02 Å². The van der Waals surface area contributed by atoms with E-state index in [1.807, 2.05) is 31.2 Å². The fourth-order valence-electron chi connectivity index (χ4n) is 2.47. The van der Waals surface area contributed by atoms with Crippen LogP contribution in [-0.2, 0) is 10.2 Å². The first-order valence-electron chi connectivity index (χ1n) is 6.85. The van der Waals surface area contributed by atoms with E-state index >= 15 is 0 Å². The molecule has 1 aliphatic carbocycles. The SMILES string of the molecule is Cc1ccc(C2(C(=O)Nc3ccc(F)c(Cl)c3)CC2)cc1. The third-order valence-electron chi connectivity index (χ3n) is 3.97. The van der Waals surface area contributed by atoms with Gasteiger partial charge in [0.25, 0.3) is 0 Å². The van der Waals surface area contributed by atoms with E-state index in [0.29, 0.717) is 5.69 Å². The zero-order valence-electron chi connectivity index (χ0n) is 11.6. The molecule has 2 aromatic rings. The number of amides is 1. The lowest BCUT2D eigenvalue weighted by molar-refractivity contribution is -0.118. The van der Waals surface area contributed by atoms with Gasteiger partial charge in [0.2, 0.25) is 5.91 Å². The number of nitrogens with one attached hydrogen (secondary N) is 1. The molecule has 2 nitrogen and oxygen atoms in total. The van der Waals surface area contributed by atoms with Crippen LogP contribution in [0.15, 0.2) is 42.5 Å². The van der Waals surface area contributed by atoms with Crippen molar-refractivity contribution in [1.82, 2.24) is 0 Å². The molecule has 0 bridgehead atoms. The van der Waals surface area contributed by atoms with E-state index in [9.17, 15) is 9.18 Å². The summed E-state index contributed by atoms with van der Waals surface area (Å²) in [5.41, 5.74) is 2.26. The molecular formula is C17H15ClFNO. The maximum absolute atomic E-state index is 13.1. The zero-order chi connectivity index (χ0) is 15.0. The van der Waals surface area contributed by atoms with E-state index in [2.05, 4.69) is 5.32 Å². The molecule has 0 aromatic heterocycles. The van der Waals surface area contributed by atoms with E-state index < -0.39 is 11.2 Å². The molecule has 21 heavy (non-hydrogen) atoms. The maximum atomic E-state index is 13.1. The van der Waals surface area contributed by atoms with Gasteiger partial charge in [0, 0.05) is 5.69 Å². The van der Waals surface area contributed by atoms with Crippen LogP contribution >= 0.6 is 11.6 Å². The number of anilines is 1. The van der Waals surface area contributed by atoms with E-state index in [1.165, 1.54) is 23.8 Å². The van der Waals surface area contributed by atoms with Gasteiger partial charge in [-0.25, -0.2) is 4.39 Å². The predicted octanol–water partition coefficient (Wildman–Crippen LogP) is 4.46. The first-order valence-corrected chi connectivity index (χ1v) is 7.23. The van der Waals surface area contributed by atoms with Crippen LogP contribution in [0.4, 0.5) is 10.1 Å². The lowest BCUT2D eigenvalue weighted by Crippen LogP contribution is -2.27. The highest BCUT2D eigenvalue weighted by atomic mass is 35.5. The Hall–Kier alpha value is -1.87. The number of hydrogen-bond donors (Lipinski definition) is 1. The third-order valence-corrected chi connectivity index (χ3v) is 4.26. The van der Waals surface area contributed by atoms with Crippen LogP contribution in [0.25, 0.3) is 0 Å². The third kappa shape index (κ3) is 2.66.